The largest absolute Gasteiger partial charge is 0.497 e. The summed E-state index contributed by atoms with van der Waals surface area (Å²) in [7, 11) is 3.07. The fraction of sp³-hybridized carbons (Fsp3) is 0.389. The Morgan fingerprint density at radius 2 is 2.04 bits per heavy atom. The highest BCUT2D eigenvalue weighted by molar-refractivity contribution is 5.91. The van der Waals surface area contributed by atoms with Crippen LogP contribution in [0.15, 0.2) is 35.1 Å². The number of nitrogens with one attached hydrogen (secondary N) is 2. The van der Waals surface area contributed by atoms with Crippen molar-refractivity contribution in [2.24, 2.45) is 0 Å². The first-order valence-electron chi connectivity index (χ1n) is 8.45. The van der Waals surface area contributed by atoms with Crippen LogP contribution in [0.3, 0.4) is 0 Å². The van der Waals surface area contributed by atoms with Crippen LogP contribution in [0.1, 0.15) is 24.5 Å². The molecule has 1 aliphatic carbocycles. The summed E-state index contributed by atoms with van der Waals surface area (Å²) in [5, 5.41) is 9.79. The zero-order valence-corrected chi connectivity index (χ0v) is 14.8. The van der Waals surface area contributed by atoms with E-state index in [0.717, 1.165) is 18.5 Å². The third-order valence-corrected chi connectivity index (χ3v) is 4.15. The molecule has 1 fully saturated rings. The van der Waals surface area contributed by atoms with Crippen molar-refractivity contribution in [1.82, 2.24) is 15.1 Å². The summed E-state index contributed by atoms with van der Waals surface area (Å²) in [6.45, 7) is 0.595. The second-order valence-electron chi connectivity index (χ2n) is 6.04. The molecule has 0 aliphatic heterocycles. The zero-order valence-electron chi connectivity index (χ0n) is 14.8. The minimum absolute atomic E-state index is 0.173. The van der Waals surface area contributed by atoms with Crippen LogP contribution in [0.2, 0.25) is 0 Å². The molecule has 1 aromatic heterocycles. The lowest BCUT2D eigenvalue weighted by molar-refractivity contribution is 0.251. The quantitative estimate of drug-likeness (QED) is 0.789. The third-order valence-electron chi connectivity index (χ3n) is 4.15. The van der Waals surface area contributed by atoms with Crippen LogP contribution in [0, 0.1) is 0 Å². The number of urea groups is 1. The normalized spacial score (nSPS) is 13.2. The van der Waals surface area contributed by atoms with E-state index in [0.29, 0.717) is 29.6 Å². The maximum atomic E-state index is 12.1. The SMILES string of the molecule is COc1ccc(NC(=O)NCCn2nc(C3CC3)ccc2=O)c(OC)c1. The lowest BCUT2D eigenvalue weighted by Crippen LogP contribution is -2.34. The standard InChI is InChI=1S/C18H22N4O4/c1-25-13-5-6-15(16(11-13)26-2)20-18(24)19-9-10-22-17(23)8-7-14(21-22)12-3-4-12/h5-8,11-12H,3-4,9-10H2,1-2H3,(H2,19,20,24). The van der Waals surface area contributed by atoms with Crippen LogP contribution in [-0.2, 0) is 6.54 Å². The van der Waals surface area contributed by atoms with E-state index in [2.05, 4.69) is 15.7 Å². The van der Waals surface area contributed by atoms with Crippen molar-refractivity contribution in [2.45, 2.75) is 25.3 Å². The maximum Gasteiger partial charge on any atom is 0.319 e. The number of anilines is 1. The van der Waals surface area contributed by atoms with Crippen LogP contribution in [0.25, 0.3) is 0 Å². The smallest absolute Gasteiger partial charge is 0.319 e. The van der Waals surface area contributed by atoms with E-state index in [1.807, 2.05) is 0 Å². The van der Waals surface area contributed by atoms with Gasteiger partial charge in [-0.3, -0.25) is 4.79 Å². The van der Waals surface area contributed by atoms with E-state index in [1.54, 1.807) is 31.4 Å². The number of carbonyl (C=O) groups excluding carboxylic acids is 1. The van der Waals surface area contributed by atoms with Gasteiger partial charge >= 0.3 is 6.03 Å². The zero-order chi connectivity index (χ0) is 18.5. The van der Waals surface area contributed by atoms with Gasteiger partial charge in [-0.2, -0.15) is 5.10 Å². The number of methoxy groups -OCH3 is 2. The summed E-state index contributed by atoms with van der Waals surface area (Å²) in [4.78, 5) is 23.9. The van der Waals surface area contributed by atoms with E-state index in [-0.39, 0.29) is 18.1 Å². The predicted molar refractivity (Wildman–Crippen MR) is 97.0 cm³/mol. The molecule has 2 amide bonds. The highest BCUT2D eigenvalue weighted by Gasteiger charge is 2.25. The lowest BCUT2D eigenvalue weighted by Gasteiger charge is -2.12. The Morgan fingerprint density at radius 3 is 2.73 bits per heavy atom. The molecule has 1 aromatic carbocycles. The van der Waals surface area contributed by atoms with E-state index in [9.17, 15) is 9.59 Å². The summed E-state index contributed by atoms with van der Waals surface area (Å²) in [6, 6.07) is 8.03. The number of hydrogen-bond acceptors (Lipinski definition) is 5. The molecule has 1 heterocycles. The summed E-state index contributed by atoms with van der Waals surface area (Å²) < 4.78 is 11.8. The number of rotatable bonds is 7. The first-order valence-corrected chi connectivity index (χ1v) is 8.45. The van der Waals surface area contributed by atoms with Gasteiger partial charge in [0.05, 0.1) is 32.1 Å². The van der Waals surface area contributed by atoms with Crippen molar-refractivity contribution >= 4 is 11.7 Å². The molecule has 0 spiro atoms. The van der Waals surface area contributed by atoms with Gasteiger partial charge in [0, 0.05) is 24.6 Å². The molecule has 1 saturated carbocycles. The third kappa shape index (κ3) is 4.33. The molecule has 0 unspecified atom stereocenters. The Kier molecular flexibility index (Phi) is 5.40. The molecular weight excluding hydrogens is 336 g/mol. The van der Waals surface area contributed by atoms with Gasteiger partial charge in [0.25, 0.3) is 5.56 Å². The molecule has 1 aliphatic rings. The van der Waals surface area contributed by atoms with Gasteiger partial charge in [-0.1, -0.05) is 0 Å². The molecule has 0 radical (unpaired) electrons. The molecule has 138 valence electrons. The number of ether oxygens (including phenoxy) is 2. The molecule has 0 atom stereocenters. The van der Waals surface area contributed by atoms with Crippen LogP contribution in [-0.4, -0.2) is 36.6 Å². The van der Waals surface area contributed by atoms with Crippen molar-refractivity contribution in [3.8, 4) is 11.5 Å². The summed E-state index contributed by atoms with van der Waals surface area (Å²) >= 11 is 0. The Balaban J connectivity index is 1.55. The van der Waals surface area contributed by atoms with Crippen molar-refractivity contribution in [2.75, 3.05) is 26.1 Å². The first kappa shape index (κ1) is 17.8. The fourth-order valence-corrected chi connectivity index (χ4v) is 2.57. The Labute approximate surface area is 151 Å². The highest BCUT2D eigenvalue weighted by atomic mass is 16.5. The Hall–Kier alpha value is -3.03. The molecule has 26 heavy (non-hydrogen) atoms. The number of benzene rings is 1. The van der Waals surface area contributed by atoms with Gasteiger partial charge in [0.15, 0.2) is 0 Å². The van der Waals surface area contributed by atoms with Crippen LogP contribution in [0.4, 0.5) is 10.5 Å². The van der Waals surface area contributed by atoms with Gasteiger partial charge in [0.1, 0.15) is 11.5 Å². The van der Waals surface area contributed by atoms with Gasteiger partial charge in [-0.05, 0) is 31.0 Å². The van der Waals surface area contributed by atoms with Crippen molar-refractivity contribution in [3.05, 3.63) is 46.4 Å². The monoisotopic (exact) mass is 358 g/mol. The number of nitrogens with zero attached hydrogens (tertiary/aromatic N) is 2. The summed E-state index contributed by atoms with van der Waals surface area (Å²) in [5.41, 5.74) is 1.29. The molecule has 0 saturated heterocycles. The predicted octanol–water partition coefficient (Wildman–Crippen LogP) is 1.96. The van der Waals surface area contributed by atoms with Gasteiger partial charge < -0.3 is 20.1 Å². The van der Waals surface area contributed by atoms with Crippen LogP contribution in [0.5, 0.6) is 11.5 Å². The number of hydrogen-bond donors (Lipinski definition) is 2. The number of amides is 2. The van der Waals surface area contributed by atoms with Crippen molar-refractivity contribution in [1.29, 1.82) is 0 Å². The lowest BCUT2D eigenvalue weighted by atomic mass is 10.2. The van der Waals surface area contributed by atoms with Gasteiger partial charge in [-0.15, -0.1) is 0 Å². The molecule has 3 rings (SSSR count). The summed E-state index contributed by atoms with van der Waals surface area (Å²) in [6.07, 6.45) is 2.24. The number of carbonyl (C=O) groups is 1. The number of aromatic nitrogens is 2. The molecule has 2 N–H and O–H groups in total. The molecule has 8 nitrogen and oxygen atoms in total. The Morgan fingerprint density at radius 1 is 1.23 bits per heavy atom. The minimum Gasteiger partial charge on any atom is -0.497 e. The summed E-state index contributed by atoms with van der Waals surface area (Å²) in [5.74, 6) is 1.60. The minimum atomic E-state index is -0.389. The second kappa shape index (κ2) is 7.90. The fourth-order valence-electron chi connectivity index (χ4n) is 2.57. The average Bonchev–Trinajstić information content (AvgIpc) is 3.48. The average molecular weight is 358 g/mol. The van der Waals surface area contributed by atoms with E-state index in [1.165, 1.54) is 17.9 Å². The van der Waals surface area contributed by atoms with Gasteiger partial charge in [0.2, 0.25) is 0 Å². The van der Waals surface area contributed by atoms with E-state index >= 15 is 0 Å². The molecule has 8 heteroatoms. The molecule has 0 bridgehead atoms. The van der Waals surface area contributed by atoms with E-state index < -0.39 is 0 Å². The molecular formula is C18H22N4O4. The van der Waals surface area contributed by atoms with E-state index in [4.69, 9.17) is 9.47 Å². The Bertz CT molecular complexity index is 845. The van der Waals surface area contributed by atoms with Crippen molar-refractivity contribution in [3.63, 3.8) is 0 Å². The first-order chi connectivity index (χ1) is 12.6. The van der Waals surface area contributed by atoms with Gasteiger partial charge in [-0.25, -0.2) is 9.48 Å². The van der Waals surface area contributed by atoms with Crippen LogP contribution < -0.4 is 25.7 Å². The van der Waals surface area contributed by atoms with Crippen LogP contribution >= 0.6 is 0 Å². The topological polar surface area (TPSA) is 94.5 Å². The van der Waals surface area contributed by atoms with Crippen molar-refractivity contribution < 1.29 is 14.3 Å². The highest BCUT2D eigenvalue weighted by Crippen LogP contribution is 2.38. The molecule has 2 aromatic rings. The second-order valence-corrected chi connectivity index (χ2v) is 6.04. The maximum absolute atomic E-state index is 12.1.